The lowest BCUT2D eigenvalue weighted by Gasteiger charge is -2.21. The molecule has 1 aliphatic rings. The molecule has 5 nitrogen and oxygen atoms in total. The first-order chi connectivity index (χ1) is 8.03. The highest BCUT2D eigenvalue weighted by Gasteiger charge is 2.44. The van der Waals surface area contributed by atoms with Crippen molar-refractivity contribution >= 4 is 17.8 Å². The summed E-state index contributed by atoms with van der Waals surface area (Å²) in [5.74, 6) is -0.822. The molecule has 1 rings (SSSR count). The minimum Gasteiger partial charge on any atom is -0.460 e. The summed E-state index contributed by atoms with van der Waals surface area (Å²) in [6.07, 6.45) is 0.255. The average Bonchev–Trinajstić information content (AvgIpc) is 2.31. The van der Waals surface area contributed by atoms with Gasteiger partial charge in [0, 0.05) is 13.0 Å². The summed E-state index contributed by atoms with van der Waals surface area (Å²) in [6, 6.07) is 0. The molecule has 2 amide bonds. The van der Waals surface area contributed by atoms with Crippen LogP contribution in [0.1, 0.15) is 47.5 Å². The molecule has 0 aromatic heterocycles. The number of carbonyl (C=O) groups excluding carboxylic acids is 3. The molecule has 0 aromatic carbocycles. The maximum atomic E-state index is 11.9. The molecule has 0 bridgehead atoms. The van der Waals surface area contributed by atoms with Crippen LogP contribution in [0, 0.1) is 5.41 Å². The average molecular weight is 255 g/mol. The highest BCUT2D eigenvalue weighted by molar-refractivity contribution is 6.05. The first-order valence-corrected chi connectivity index (χ1v) is 6.09. The van der Waals surface area contributed by atoms with Crippen molar-refractivity contribution in [2.45, 2.75) is 53.1 Å². The number of imide groups is 1. The number of rotatable bonds is 3. The minimum absolute atomic E-state index is 0.0465. The first kappa shape index (κ1) is 14.7. The second kappa shape index (κ2) is 4.71. The normalized spacial score (nSPS) is 19.3. The monoisotopic (exact) mass is 255 g/mol. The van der Waals surface area contributed by atoms with Gasteiger partial charge in [0.25, 0.3) is 0 Å². The van der Waals surface area contributed by atoms with Gasteiger partial charge in [0.05, 0.1) is 11.8 Å². The summed E-state index contributed by atoms with van der Waals surface area (Å²) in [5.41, 5.74) is -1.19. The maximum Gasteiger partial charge on any atom is 0.308 e. The zero-order valence-corrected chi connectivity index (χ0v) is 11.7. The molecule has 102 valence electrons. The number of amides is 2. The van der Waals surface area contributed by atoms with Gasteiger partial charge in [-0.1, -0.05) is 13.8 Å². The molecular weight excluding hydrogens is 234 g/mol. The fourth-order valence-corrected chi connectivity index (χ4v) is 1.85. The van der Waals surface area contributed by atoms with E-state index in [-0.39, 0.29) is 31.2 Å². The molecule has 0 aliphatic carbocycles. The molecule has 0 unspecified atom stereocenters. The van der Waals surface area contributed by atoms with Crippen molar-refractivity contribution < 1.29 is 19.1 Å². The van der Waals surface area contributed by atoms with Crippen LogP contribution in [-0.4, -0.2) is 34.8 Å². The van der Waals surface area contributed by atoms with Crippen molar-refractivity contribution in [3.05, 3.63) is 0 Å². The van der Waals surface area contributed by atoms with Crippen LogP contribution in [0.4, 0.5) is 0 Å². The van der Waals surface area contributed by atoms with Crippen LogP contribution in [-0.2, 0) is 19.1 Å². The van der Waals surface area contributed by atoms with Crippen molar-refractivity contribution in [1.29, 1.82) is 0 Å². The second-order valence-corrected chi connectivity index (χ2v) is 6.25. The van der Waals surface area contributed by atoms with Gasteiger partial charge < -0.3 is 4.74 Å². The Labute approximate surface area is 107 Å². The van der Waals surface area contributed by atoms with Crippen LogP contribution in [0.5, 0.6) is 0 Å². The van der Waals surface area contributed by atoms with Crippen molar-refractivity contribution in [2.75, 3.05) is 6.54 Å². The number of likely N-dealkylation sites (tertiary alicyclic amines) is 1. The Morgan fingerprint density at radius 3 is 2.28 bits per heavy atom. The Bertz CT molecular complexity index is 379. The van der Waals surface area contributed by atoms with E-state index < -0.39 is 17.0 Å². The zero-order valence-electron chi connectivity index (χ0n) is 11.7. The summed E-state index contributed by atoms with van der Waals surface area (Å²) in [4.78, 5) is 36.2. The molecule has 0 N–H and O–H groups in total. The number of esters is 1. The summed E-state index contributed by atoms with van der Waals surface area (Å²) in [6.45, 7) is 8.91. The van der Waals surface area contributed by atoms with Crippen LogP contribution in [0.15, 0.2) is 0 Å². The largest absolute Gasteiger partial charge is 0.460 e. The minimum atomic E-state index is -0.648. The molecular formula is C13H21NO4. The number of ether oxygens (including phenoxy) is 1. The fraction of sp³-hybridized carbons (Fsp3) is 0.769. The van der Waals surface area contributed by atoms with Gasteiger partial charge in [0.1, 0.15) is 5.60 Å². The van der Waals surface area contributed by atoms with E-state index in [0.717, 1.165) is 4.90 Å². The molecule has 0 aromatic rings. The van der Waals surface area contributed by atoms with Crippen LogP contribution in [0.3, 0.4) is 0 Å². The van der Waals surface area contributed by atoms with Gasteiger partial charge in [-0.05, 0) is 20.8 Å². The molecule has 5 heteroatoms. The van der Waals surface area contributed by atoms with E-state index in [9.17, 15) is 14.4 Å². The van der Waals surface area contributed by atoms with Gasteiger partial charge in [-0.3, -0.25) is 19.3 Å². The van der Waals surface area contributed by atoms with Gasteiger partial charge in [-0.15, -0.1) is 0 Å². The fourth-order valence-electron chi connectivity index (χ4n) is 1.85. The van der Waals surface area contributed by atoms with E-state index in [1.54, 1.807) is 34.6 Å². The summed E-state index contributed by atoms with van der Waals surface area (Å²) in [5, 5.41) is 0. The van der Waals surface area contributed by atoms with Gasteiger partial charge >= 0.3 is 5.97 Å². The van der Waals surface area contributed by atoms with Gasteiger partial charge in [-0.25, -0.2) is 0 Å². The third-order valence-corrected chi connectivity index (χ3v) is 2.68. The predicted octanol–water partition coefficient (Wildman–Crippen LogP) is 1.50. The molecule has 1 saturated heterocycles. The first-order valence-electron chi connectivity index (χ1n) is 6.09. The van der Waals surface area contributed by atoms with Gasteiger partial charge in [0.2, 0.25) is 11.8 Å². The van der Waals surface area contributed by atoms with Gasteiger partial charge in [0.15, 0.2) is 0 Å². The molecule has 0 radical (unpaired) electrons. The van der Waals surface area contributed by atoms with Crippen LogP contribution < -0.4 is 0 Å². The lowest BCUT2D eigenvalue weighted by molar-refractivity contribution is -0.155. The molecule has 1 heterocycles. The third kappa shape index (κ3) is 3.55. The Morgan fingerprint density at radius 1 is 1.33 bits per heavy atom. The lowest BCUT2D eigenvalue weighted by atomic mass is 9.92. The van der Waals surface area contributed by atoms with E-state index in [2.05, 4.69) is 0 Å². The Morgan fingerprint density at radius 2 is 1.89 bits per heavy atom. The standard InChI is InChI=1S/C13H21NO4/c1-12(2,3)18-10(16)6-7-14-9(15)8-13(4,5)11(14)17/h6-8H2,1-5H3. The zero-order chi connectivity index (χ0) is 14.1. The van der Waals surface area contributed by atoms with Crippen LogP contribution >= 0.6 is 0 Å². The molecule has 0 atom stereocenters. The summed E-state index contributed by atoms with van der Waals surface area (Å²) in [7, 11) is 0. The van der Waals surface area contributed by atoms with Crippen molar-refractivity contribution in [3.8, 4) is 0 Å². The van der Waals surface area contributed by atoms with E-state index in [1.165, 1.54) is 0 Å². The molecule has 1 aliphatic heterocycles. The van der Waals surface area contributed by atoms with Crippen LogP contribution in [0.25, 0.3) is 0 Å². The summed E-state index contributed by atoms with van der Waals surface area (Å²) < 4.78 is 5.13. The third-order valence-electron chi connectivity index (χ3n) is 2.68. The van der Waals surface area contributed by atoms with Crippen molar-refractivity contribution in [1.82, 2.24) is 4.90 Å². The van der Waals surface area contributed by atoms with E-state index in [4.69, 9.17) is 4.74 Å². The number of hydrogen-bond acceptors (Lipinski definition) is 4. The molecule has 0 saturated carbocycles. The Hall–Kier alpha value is -1.39. The quantitative estimate of drug-likeness (QED) is 0.566. The summed E-state index contributed by atoms with van der Waals surface area (Å²) >= 11 is 0. The van der Waals surface area contributed by atoms with Gasteiger partial charge in [-0.2, -0.15) is 0 Å². The Balaban J connectivity index is 2.52. The smallest absolute Gasteiger partial charge is 0.308 e. The Kier molecular flexibility index (Phi) is 3.84. The highest BCUT2D eigenvalue weighted by atomic mass is 16.6. The predicted molar refractivity (Wildman–Crippen MR) is 65.6 cm³/mol. The molecule has 18 heavy (non-hydrogen) atoms. The maximum absolute atomic E-state index is 11.9. The number of carbonyl (C=O) groups is 3. The van der Waals surface area contributed by atoms with E-state index in [1.807, 2.05) is 0 Å². The van der Waals surface area contributed by atoms with E-state index >= 15 is 0 Å². The van der Waals surface area contributed by atoms with Crippen molar-refractivity contribution in [3.63, 3.8) is 0 Å². The molecule has 1 fully saturated rings. The highest BCUT2D eigenvalue weighted by Crippen LogP contribution is 2.31. The topological polar surface area (TPSA) is 63.7 Å². The second-order valence-electron chi connectivity index (χ2n) is 6.25. The van der Waals surface area contributed by atoms with Crippen molar-refractivity contribution in [2.24, 2.45) is 5.41 Å². The molecule has 0 spiro atoms. The van der Waals surface area contributed by atoms with Crippen LogP contribution in [0.2, 0.25) is 0 Å². The van der Waals surface area contributed by atoms with E-state index in [0.29, 0.717) is 0 Å². The SMILES string of the molecule is CC(C)(C)OC(=O)CCN1C(=O)CC(C)(C)C1=O. The number of hydrogen-bond donors (Lipinski definition) is 0. The number of nitrogens with zero attached hydrogens (tertiary/aromatic N) is 1. The lowest BCUT2D eigenvalue weighted by Crippen LogP contribution is -2.35.